The predicted molar refractivity (Wildman–Crippen MR) is 109 cm³/mol. The zero-order chi connectivity index (χ0) is 19.6. The average Bonchev–Trinajstić information content (AvgIpc) is 2.64. The Morgan fingerprint density at radius 3 is 2.44 bits per heavy atom. The maximum atomic E-state index is 12.5. The molecule has 5 heteroatoms. The van der Waals surface area contributed by atoms with Crippen LogP contribution < -0.4 is 10.6 Å². The van der Waals surface area contributed by atoms with Gasteiger partial charge in [0, 0.05) is 31.7 Å². The Kier molecular flexibility index (Phi) is 7.86. The smallest absolute Gasteiger partial charge is 0.317 e. The van der Waals surface area contributed by atoms with Crippen molar-refractivity contribution in [2.24, 2.45) is 0 Å². The van der Waals surface area contributed by atoms with Gasteiger partial charge in [0.2, 0.25) is 5.91 Å². The van der Waals surface area contributed by atoms with Crippen LogP contribution in [0.5, 0.6) is 0 Å². The number of nitrogens with zero attached hydrogens (tertiary/aromatic N) is 1. The summed E-state index contributed by atoms with van der Waals surface area (Å²) in [7, 11) is 0. The molecule has 0 aromatic heterocycles. The van der Waals surface area contributed by atoms with Crippen LogP contribution in [0.25, 0.3) is 0 Å². The first kappa shape index (κ1) is 20.5. The van der Waals surface area contributed by atoms with Crippen LogP contribution in [-0.4, -0.2) is 23.4 Å². The van der Waals surface area contributed by atoms with E-state index in [9.17, 15) is 9.59 Å². The quantitative estimate of drug-likeness (QED) is 0.723. The summed E-state index contributed by atoms with van der Waals surface area (Å²) >= 11 is 0. The van der Waals surface area contributed by atoms with E-state index < -0.39 is 0 Å². The first-order valence-electron chi connectivity index (χ1n) is 9.49. The minimum Gasteiger partial charge on any atom is -0.334 e. The number of rotatable bonds is 8. The maximum Gasteiger partial charge on any atom is 0.317 e. The third-order valence-corrected chi connectivity index (χ3v) is 4.26. The van der Waals surface area contributed by atoms with Crippen LogP contribution in [0.15, 0.2) is 48.5 Å². The molecule has 2 rings (SSSR count). The maximum absolute atomic E-state index is 12.5. The Bertz CT molecular complexity index is 774. The molecular formula is C22H29N3O2. The highest BCUT2D eigenvalue weighted by molar-refractivity contribution is 5.90. The summed E-state index contributed by atoms with van der Waals surface area (Å²) in [4.78, 5) is 26.0. The fraction of sp³-hybridized carbons (Fsp3) is 0.364. The summed E-state index contributed by atoms with van der Waals surface area (Å²) in [5.74, 6) is 0.00833. The molecule has 0 radical (unpaired) electrons. The van der Waals surface area contributed by atoms with Gasteiger partial charge in [-0.25, -0.2) is 4.79 Å². The number of carbonyl (C=O) groups excluding carboxylic acids is 2. The van der Waals surface area contributed by atoms with E-state index in [1.807, 2.05) is 63.2 Å². The molecule has 0 heterocycles. The standard InChI is InChI=1S/C22H29N3O2/c1-4-8-21(26)24-20-12-7-10-18(14-20)15-23-22(27)25(5-2)16-19-11-6-9-17(3)13-19/h6-7,9-14H,4-5,8,15-16H2,1-3H3,(H,23,27)(H,24,26). The molecule has 27 heavy (non-hydrogen) atoms. The first-order valence-corrected chi connectivity index (χ1v) is 9.49. The molecule has 2 aromatic carbocycles. The molecule has 0 atom stereocenters. The summed E-state index contributed by atoms with van der Waals surface area (Å²) in [6.07, 6.45) is 1.32. The van der Waals surface area contributed by atoms with Gasteiger partial charge in [-0.1, -0.05) is 48.9 Å². The summed E-state index contributed by atoms with van der Waals surface area (Å²) in [6.45, 7) is 7.62. The van der Waals surface area contributed by atoms with E-state index in [4.69, 9.17) is 0 Å². The number of hydrogen-bond donors (Lipinski definition) is 2. The molecule has 0 unspecified atom stereocenters. The van der Waals surface area contributed by atoms with E-state index in [-0.39, 0.29) is 11.9 Å². The summed E-state index contributed by atoms with van der Waals surface area (Å²) < 4.78 is 0. The van der Waals surface area contributed by atoms with Crippen molar-refractivity contribution >= 4 is 17.6 Å². The third kappa shape index (κ3) is 6.77. The van der Waals surface area contributed by atoms with E-state index >= 15 is 0 Å². The number of nitrogens with one attached hydrogen (secondary N) is 2. The van der Waals surface area contributed by atoms with Gasteiger partial charge in [0.15, 0.2) is 0 Å². The van der Waals surface area contributed by atoms with Crippen molar-refractivity contribution in [2.75, 3.05) is 11.9 Å². The topological polar surface area (TPSA) is 61.4 Å². The molecule has 0 spiro atoms. The Labute approximate surface area is 161 Å². The Hall–Kier alpha value is -2.82. The van der Waals surface area contributed by atoms with Gasteiger partial charge in [0.1, 0.15) is 0 Å². The molecule has 0 saturated carbocycles. The lowest BCUT2D eigenvalue weighted by Gasteiger charge is -2.22. The molecule has 5 nitrogen and oxygen atoms in total. The van der Waals surface area contributed by atoms with E-state index in [1.165, 1.54) is 5.56 Å². The highest BCUT2D eigenvalue weighted by Gasteiger charge is 2.12. The minimum atomic E-state index is -0.0978. The molecule has 2 aromatic rings. The number of carbonyl (C=O) groups is 2. The van der Waals surface area contributed by atoms with Crippen molar-refractivity contribution in [1.82, 2.24) is 10.2 Å². The lowest BCUT2D eigenvalue weighted by atomic mass is 10.1. The van der Waals surface area contributed by atoms with E-state index in [0.717, 1.165) is 23.2 Å². The average molecular weight is 367 g/mol. The largest absolute Gasteiger partial charge is 0.334 e. The van der Waals surface area contributed by atoms with Gasteiger partial charge in [-0.2, -0.15) is 0 Å². The van der Waals surface area contributed by atoms with Crippen LogP contribution in [0.2, 0.25) is 0 Å². The van der Waals surface area contributed by atoms with Crippen LogP contribution in [0.1, 0.15) is 43.4 Å². The molecular weight excluding hydrogens is 338 g/mol. The lowest BCUT2D eigenvalue weighted by molar-refractivity contribution is -0.116. The number of urea groups is 1. The van der Waals surface area contributed by atoms with Crippen molar-refractivity contribution < 1.29 is 9.59 Å². The van der Waals surface area contributed by atoms with Gasteiger partial charge >= 0.3 is 6.03 Å². The van der Waals surface area contributed by atoms with Crippen molar-refractivity contribution in [2.45, 2.75) is 46.7 Å². The van der Waals surface area contributed by atoms with Gasteiger partial charge in [0.05, 0.1) is 0 Å². The summed E-state index contributed by atoms with van der Waals surface area (Å²) in [5, 5.41) is 5.85. The Balaban J connectivity index is 1.92. The molecule has 0 aliphatic rings. The number of hydrogen-bond acceptors (Lipinski definition) is 2. The molecule has 3 amide bonds. The predicted octanol–water partition coefficient (Wildman–Crippen LogP) is 4.47. The van der Waals surface area contributed by atoms with Crippen molar-refractivity contribution in [3.63, 3.8) is 0 Å². The molecule has 0 bridgehead atoms. The van der Waals surface area contributed by atoms with Crippen LogP contribution in [0.3, 0.4) is 0 Å². The lowest BCUT2D eigenvalue weighted by Crippen LogP contribution is -2.39. The van der Waals surface area contributed by atoms with Gasteiger partial charge in [-0.3, -0.25) is 4.79 Å². The van der Waals surface area contributed by atoms with E-state index in [1.54, 1.807) is 4.90 Å². The zero-order valence-electron chi connectivity index (χ0n) is 16.4. The van der Waals surface area contributed by atoms with E-state index in [2.05, 4.69) is 16.7 Å². The second-order valence-corrected chi connectivity index (χ2v) is 6.66. The molecule has 0 fully saturated rings. The fourth-order valence-corrected chi connectivity index (χ4v) is 2.86. The molecule has 2 N–H and O–H groups in total. The first-order chi connectivity index (χ1) is 13.0. The molecule has 0 aliphatic heterocycles. The number of aryl methyl sites for hydroxylation is 1. The van der Waals surface area contributed by atoms with Gasteiger partial charge in [-0.05, 0) is 43.5 Å². The second-order valence-electron chi connectivity index (χ2n) is 6.66. The minimum absolute atomic E-state index is 0.00833. The van der Waals surface area contributed by atoms with Crippen LogP contribution in [-0.2, 0) is 17.9 Å². The molecule has 0 saturated heterocycles. The van der Waals surface area contributed by atoms with Crippen molar-refractivity contribution in [1.29, 1.82) is 0 Å². The Morgan fingerprint density at radius 1 is 1.00 bits per heavy atom. The molecule has 144 valence electrons. The Morgan fingerprint density at radius 2 is 1.74 bits per heavy atom. The normalized spacial score (nSPS) is 10.3. The van der Waals surface area contributed by atoms with Crippen molar-refractivity contribution in [3.8, 4) is 0 Å². The summed E-state index contributed by atoms with van der Waals surface area (Å²) in [6, 6.07) is 15.7. The monoisotopic (exact) mass is 367 g/mol. The van der Waals surface area contributed by atoms with Gasteiger partial charge in [-0.15, -0.1) is 0 Å². The number of anilines is 1. The highest BCUT2D eigenvalue weighted by atomic mass is 16.2. The third-order valence-electron chi connectivity index (χ3n) is 4.26. The summed E-state index contributed by atoms with van der Waals surface area (Å²) in [5.41, 5.74) is 4.01. The highest BCUT2D eigenvalue weighted by Crippen LogP contribution is 2.12. The SMILES string of the molecule is CCCC(=O)Nc1cccc(CNC(=O)N(CC)Cc2cccc(C)c2)c1. The van der Waals surface area contributed by atoms with Crippen LogP contribution >= 0.6 is 0 Å². The van der Waals surface area contributed by atoms with E-state index in [0.29, 0.717) is 26.1 Å². The second kappa shape index (κ2) is 10.4. The van der Waals surface area contributed by atoms with Gasteiger partial charge < -0.3 is 15.5 Å². The van der Waals surface area contributed by atoms with Crippen LogP contribution in [0.4, 0.5) is 10.5 Å². The number of benzene rings is 2. The zero-order valence-corrected chi connectivity index (χ0v) is 16.4. The fourth-order valence-electron chi connectivity index (χ4n) is 2.86. The molecule has 0 aliphatic carbocycles. The van der Waals surface area contributed by atoms with Crippen molar-refractivity contribution in [3.05, 3.63) is 65.2 Å². The van der Waals surface area contributed by atoms with Gasteiger partial charge in [0.25, 0.3) is 0 Å². The number of amides is 3. The van der Waals surface area contributed by atoms with Crippen LogP contribution in [0, 0.1) is 6.92 Å².